The minimum atomic E-state index is -0.294. The molecule has 0 aliphatic carbocycles. The van der Waals surface area contributed by atoms with Crippen molar-refractivity contribution in [3.05, 3.63) is 34.5 Å². The van der Waals surface area contributed by atoms with E-state index in [1.165, 1.54) is 33.9 Å². The number of hydrogen-bond acceptors (Lipinski definition) is 7. The summed E-state index contributed by atoms with van der Waals surface area (Å²) in [5.41, 5.74) is 2.87. The third kappa shape index (κ3) is 4.96. The summed E-state index contributed by atoms with van der Waals surface area (Å²) in [7, 11) is 1.65. The Morgan fingerprint density at radius 1 is 1.32 bits per heavy atom. The van der Waals surface area contributed by atoms with Gasteiger partial charge in [-0.25, -0.2) is 9.37 Å². The van der Waals surface area contributed by atoms with Crippen LogP contribution in [0.15, 0.2) is 18.2 Å². The van der Waals surface area contributed by atoms with E-state index in [0.717, 1.165) is 26.7 Å². The second-order valence-electron chi connectivity index (χ2n) is 7.81. The smallest absolute Gasteiger partial charge is 0.226 e. The van der Waals surface area contributed by atoms with Gasteiger partial charge in [0, 0.05) is 55.2 Å². The highest BCUT2D eigenvalue weighted by molar-refractivity contribution is 7.23. The third-order valence-electron chi connectivity index (χ3n) is 5.30. The topological polar surface area (TPSA) is 75.3 Å². The summed E-state index contributed by atoms with van der Waals surface area (Å²) >= 11 is 3.15. The van der Waals surface area contributed by atoms with E-state index in [1.807, 2.05) is 0 Å². The first-order valence-corrected chi connectivity index (χ1v) is 12.1. The van der Waals surface area contributed by atoms with E-state index in [0.29, 0.717) is 37.7 Å². The van der Waals surface area contributed by atoms with Gasteiger partial charge in [-0.15, -0.1) is 22.7 Å². The lowest BCUT2D eigenvalue weighted by atomic mass is 9.95. The fourth-order valence-corrected chi connectivity index (χ4v) is 6.26. The number of carbonyl (C=O) groups excluding carboxylic acids is 1. The normalized spacial score (nSPS) is 18.3. The highest BCUT2D eigenvalue weighted by atomic mass is 32.1. The van der Waals surface area contributed by atoms with Crippen molar-refractivity contribution in [2.75, 3.05) is 32.1 Å². The van der Waals surface area contributed by atoms with Gasteiger partial charge in [0.05, 0.1) is 16.8 Å². The van der Waals surface area contributed by atoms with Crippen LogP contribution in [0.1, 0.15) is 36.8 Å². The van der Waals surface area contributed by atoms with Crippen LogP contribution in [-0.2, 0) is 16.0 Å². The zero-order chi connectivity index (χ0) is 22.0. The second kappa shape index (κ2) is 9.70. The van der Waals surface area contributed by atoms with Crippen molar-refractivity contribution in [3.63, 3.8) is 0 Å². The molecular formula is C22H27FN4O2S2. The van der Waals surface area contributed by atoms with Gasteiger partial charge in [-0.1, -0.05) is 0 Å². The number of hydrogen-bond donors (Lipinski definition) is 3. The van der Waals surface area contributed by atoms with Crippen LogP contribution in [0, 0.1) is 5.82 Å². The summed E-state index contributed by atoms with van der Waals surface area (Å²) in [6.07, 6.45) is 1.24. The Morgan fingerprint density at radius 2 is 2.16 bits per heavy atom. The molecule has 1 aliphatic rings. The number of benzene rings is 1. The predicted octanol–water partition coefficient (Wildman–Crippen LogP) is 4.32. The average molecular weight is 463 g/mol. The van der Waals surface area contributed by atoms with Gasteiger partial charge in [0.15, 0.2) is 0 Å². The molecule has 3 N–H and O–H groups in total. The van der Waals surface area contributed by atoms with Crippen LogP contribution in [-0.4, -0.2) is 43.7 Å². The van der Waals surface area contributed by atoms with Gasteiger partial charge >= 0.3 is 0 Å². The summed E-state index contributed by atoms with van der Waals surface area (Å²) in [6.45, 7) is 6.23. The lowest BCUT2D eigenvalue weighted by Crippen LogP contribution is -2.35. The van der Waals surface area contributed by atoms with E-state index in [1.54, 1.807) is 24.5 Å². The Kier molecular flexibility index (Phi) is 6.98. The molecule has 1 aliphatic heterocycles. The largest absolute Gasteiger partial charge is 0.383 e. The van der Waals surface area contributed by atoms with Gasteiger partial charge in [-0.05, 0) is 38.0 Å². The molecule has 2 aromatic heterocycles. The summed E-state index contributed by atoms with van der Waals surface area (Å²) in [6, 6.07) is 5.22. The molecule has 0 spiro atoms. The molecule has 1 aromatic carbocycles. The number of halogens is 1. The standard InChI is InChI=1S/C22H27FN4O2S2/c1-12-10-15-19(21-26-16-11-14(23)4-5-17(16)30-21)22(31-20(15)13(2)25-12)27-18(28)6-7-24-8-9-29-3/h4-5,11-13,24-25H,6-10H2,1-3H3,(H,27,28)/t12-,13-/m0/s1. The molecule has 0 saturated heterocycles. The van der Waals surface area contributed by atoms with E-state index in [2.05, 4.69) is 29.8 Å². The lowest BCUT2D eigenvalue weighted by molar-refractivity contribution is -0.116. The number of anilines is 1. The highest BCUT2D eigenvalue weighted by Crippen LogP contribution is 2.47. The van der Waals surface area contributed by atoms with E-state index < -0.39 is 0 Å². The first kappa shape index (κ1) is 22.3. The Labute approximate surface area is 189 Å². The van der Waals surface area contributed by atoms with Crippen LogP contribution in [0.5, 0.6) is 0 Å². The molecule has 0 fully saturated rings. The fraction of sp³-hybridized carbons (Fsp3) is 0.455. The molecule has 3 aromatic rings. The van der Waals surface area contributed by atoms with Gasteiger partial charge in [0.2, 0.25) is 5.91 Å². The minimum absolute atomic E-state index is 0.0365. The van der Waals surface area contributed by atoms with Gasteiger partial charge in [0.1, 0.15) is 15.8 Å². The molecular weight excluding hydrogens is 435 g/mol. The molecule has 0 unspecified atom stereocenters. The lowest BCUT2D eigenvalue weighted by Gasteiger charge is -2.26. The summed E-state index contributed by atoms with van der Waals surface area (Å²) in [5, 5.41) is 11.5. The number of nitrogens with zero attached hydrogens (tertiary/aromatic N) is 1. The third-order valence-corrected chi connectivity index (χ3v) is 7.69. The Morgan fingerprint density at radius 3 is 2.97 bits per heavy atom. The highest BCUT2D eigenvalue weighted by Gasteiger charge is 2.30. The van der Waals surface area contributed by atoms with E-state index in [-0.39, 0.29) is 17.8 Å². The number of nitrogens with one attached hydrogen (secondary N) is 3. The maximum absolute atomic E-state index is 13.7. The van der Waals surface area contributed by atoms with Crippen LogP contribution >= 0.6 is 22.7 Å². The van der Waals surface area contributed by atoms with E-state index in [4.69, 9.17) is 9.72 Å². The van der Waals surface area contributed by atoms with Crippen LogP contribution in [0.25, 0.3) is 20.8 Å². The van der Waals surface area contributed by atoms with Crippen LogP contribution in [0.3, 0.4) is 0 Å². The van der Waals surface area contributed by atoms with E-state index >= 15 is 0 Å². The number of rotatable bonds is 8. The van der Waals surface area contributed by atoms with Crippen molar-refractivity contribution in [1.29, 1.82) is 0 Å². The average Bonchev–Trinajstić information content (AvgIpc) is 3.28. The molecule has 0 saturated carbocycles. The minimum Gasteiger partial charge on any atom is -0.383 e. The number of thiazole rings is 1. The van der Waals surface area contributed by atoms with Crippen LogP contribution in [0.4, 0.5) is 9.39 Å². The Balaban J connectivity index is 1.65. The molecule has 166 valence electrons. The van der Waals surface area contributed by atoms with Gasteiger partial charge in [0.25, 0.3) is 0 Å². The Hall–Kier alpha value is -1.91. The monoisotopic (exact) mass is 462 g/mol. The molecule has 0 radical (unpaired) electrons. The van der Waals surface area contributed by atoms with Crippen molar-refractivity contribution in [2.45, 2.75) is 38.8 Å². The van der Waals surface area contributed by atoms with E-state index in [9.17, 15) is 9.18 Å². The maximum atomic E-state index is 13.7. The number of amides is 1. The molecule has 2 atom stereocenters. The second-order valence-corrected chi connectivity index (χ2v) is 9.90. The SMILES string of the molecule is COCCNCCC(=O)Nc1sc2c(c1-c1nc3cc(F)ccc3s1)C[C@H](C)N[C@H]2C. The number of thiophene rings is 1. The zero-order valence-corrected chi connectivity index (χ0v) is 19.5. The number of carbonyl (C=O) groups is 1. The number of ether oxygens (including phenoxy) is 1. The molecule has 4 rings (SSSR count). The number of aromatic nitrogens is 1. The number of fused-ring (bicyclic) bond motifs is 2. The van der Waals surface area contributed by atoms with Crippen molar-refractivity contribution in [3.8, 4) is 10.6 Å². The van der Waals surface area contributed by atoms with Crippen molar-refractivity contribution < 1.29 is 13.9 Å². The fourth-order valence-electron chi connectivity index (χ4n) is 3.91. The first-order valence-electron chi connectivity index (χ1n) is 10.4. The quantitative estimate of drug-likeness (QED) is 0.435. The maximum Gasteiger partial charge on any atom is 0.226 e. The summed E-state index contributed by atoms with van der Waals surface area (Å²) < 4.78 is 19.6. The number of methoxy groups -OCH3 is 1. The van der Waals surface area contributed by atoms with Crippen molar-refractivity contribution >= 4 is 43.8 Å². The summed E-state index contributed by atoms with van der Waals surface area (Å²) in [4.78, 5) is 18.6. The van der Waals surface area contributed by atoms with Crippen LogP contribution < -0.4 is 16.0 Å². The molecule has 1 amide bonds. The van der Waals surface area contributed by atoms with Crippen LogP contribution in [0.2, 0.25) is 0 Å². The molecule has 31 heavy (non-hydrogen) atoms. The molecule has 3 heterocycles. The van der Waals surface area contributed by atoms with Gasteiger partial charge < -0.3 is 20.7 Å². The zero-order valence-electron chi connectivity index (χ0n) is 17.9. The molecule has 0 bridgehead atoms. The summed E-state index contributed by atoms with van der Waals surface area (Å²) in [5.74, 6) is -0.330. The van der Waals surface area contributed by atoms with Crippen molar-refractivity contribution in [1.82, 2.24) is 15.6 Å². The predicted molar refractivity (Wildman–Crippen MR) is 126 cm³/mol. The molecule has 6 nitrogen and oxygen atoms in total. The van der Waals surface area contributed by atoms with Crippen molar-refractivity contribution in [2.24, 2.45) is 0 Å². The van der Waals surface area contributed by atoms with Gasteiger partial charge in [-0.3, -0.25) is 4.79 Å². The first-order chi connectivity index (χ1) is 15.0. The van der Waals surface area contributed by atoms with Gasteiger partial charge in [-0.2, -0.15) is 0 Å². The molecule has 9 heteroatoms. The Bertz CT molecular complexity index is 1080.